The van der Waals surface area contributed by atoms with Gasteiger partial charge in [0.2, 0.25) is 0 Å². The predicted molar refractivity (Wildman–Crippen MR) is 78.3 cm³/mol. The fourth-order valence-corrected chi connectivity index (χ4v) is 1.69. The second-order valence-electron chi connectivity index (χ2n) is 5.38. The maximum absolute atomic E-state index is 9.87. The van der Waals surface area contributed by atoms with Gasteiger partial charge in [0, 0.05) is 18.7 Å². The van der Waals surface area contributed by atoms with Crippen molar-refractivity contribution in [2.45, 2.75) is 31.9 Å². The van der Waals surface area contributed by atoms with Crippen molar-refractivity contribution in [3.05, 3.63) is 24.3 Å². The molecule has 1 aromatic rings. The van der Waals surface area contributed by atoms with Crippen LogP contribution < -0.4 is 14.8 Å². The first-order chi connectivity index (χ1) is 9.46. The van der Waals surface area contributed by atoms with Crippen LogP contribution in [0.2, 0.25) is 0 Å². The molecule has 1 unspecified atom stereocenters. The lowest BCUT2D eigenvalue weighted by Gasteiger charge is -2.27. The number of hydrogen-bond donors (Lipinski definition) is 3. The summed E-state index contributed by atoms with van der Waals surface area (Å²) in [4.78, 5) is 0. The van der Waals surface area contributed by atoms with E-state index in [4.69, 9.17) is 14.6 Å². The second kappa shape index (κ2) is 8.09. The number of methoxy groups -OCH3 is 1. The molecule has 5 heteroatoms. The fourth-order valence-electron chi connectivity index (χ4n) is 1.69. The van der Waals surface area contributed by atoms with Gasteiger partial charge in [-0.3, -0.25) is 0 Å². The molecule has 0 aromatic heterocycles. The third-order valence-corrected chi connectivity index (χ3v) is 3.05. The zero-order valence-corrected chi connectivity index (χ0v) is 12.4. The van der Waals surface area contributed by atoms with Crippen molar-refractivity contribution < 1.29 is 19.7 Å². The van der Waals surface area contributed by atoms with Crippen LogP contribution in [0, 0.1) is 0 Å². The number of β-amino-alcohol motifs (C(OH)–C–C–N with tert-alkyl or cyclic N) is 1. The van der Waals surface area contributed by atoms with Crippen LogP contribution in [0.3, 0.4) is 0 Å². The molecular weight excluding hydrogens is 258 g/mol. The summed E-state index contributed by atoms with van der Waals surface area (Å²) < 4.78 is 10.6. The van der Waals surface area contributed by atoms with E-state index < -0.39 is 6.10 Å². The molecular formula is C15H25NO4. The average Bonchev–Trinajstić information content (AvgIpc) is 2.43. The van der Waals surface area contributed by atoms with Crippen LogP contribution in [-0.2, 0) is 0 Å². The number of aliphatic hydroxyl groups is 2. The van der Waals surface area contributed by atoms with E-state index >= 15 is 0 Å². The van der Waals surface area contributed by atoms with Crippen molar-refractivity contribution in [2.75, 3.05) is 26.9 Å². The van der Waals surface area contributed by atoms with E-state index in [0.29, 0.717) is 18.7 Å². The molecule has 114 valence electrons. The van der Waals surface area contributed by atoms with Crippen molar-refractivity contribution in [2.24, 2.45) is 0 Å². The van der Waals surface area contributed by atoms with E-state index in [9.17, 15) is 5.11 Å². The van der Waals surface area contributed by atoms with Gasteiger partial charge in [-0.05, 0) is 44.5 Å². The van der Waals surface area contributed by atoms with Crippen molar-refractivity contribution in [1.29, 1.82) is 0 Å². The molecule has 5 nitrogen and oxygen atoms in total. The Morgan fingerprint density at radius 3 is 2.35 bits per heavy atom. The molecule has 1 aromatic carbocycles. The SMILES string of the molecule is COc1ccc(OCC(O)CNC(C)(C)CCO)cc1. The molecule has 0 bridgehead atoms. The first-order valence-electron chi connectivity index (χ1n) is 6.77. The number of hydrogen-bond acceptors (Lipinski definition) is 5. The zero-order chi connectivity index (χ0) is 15.0. The largest absolute Gasteiger partial charge is 0.497 e. The van der Waals surface area contributed by atoms with Gasteiger partial charge in [0.25, 0.3) is 0 Å². The minimum atomic E-state index is -0.602. The Balaban J connectivity index is 2.30. The Kier molecular flexibility index (Phi) is 6.78. The predicted octanol–water partition coefficient (Wildman–Crippen LogP) is 1.19. The zero-order valence-electron chi connectivity index (χ0n) is 12.4. The molecule has 20 heavy (non-hydrogen) atoms. The summed E-state index contributed by atoms with van der Waals surface area (Å²) in [6, 6.07) is 7.22. The monoisotopic (exact) mass is 283 g/mol. The fraction of sp³-hybridized carbons (Fsp3) is 0.600. The van der Waals surface area contributed by atoms with Gasteiger partial charge in [-0.2, -0.15) is 0 Å². The van der Waals surface area contributed by atoms with E-state index in [1.165, 1.54) is 0 Å². The molecule has 0 radical (unpaired) electrons. The number of ether oxygens (including phenoxy) is 2. The molecule has 0 amide bonds. The summed E-state index contributed by atoms with van der Waals surface area (Å²) in [7, 11) is 1.61. The average molecular weight is 283 g/mol. The number of benzene rings is 1. The summed E-state index contributed by atoms with van der Waals surface area (Å²) in [5, 5.41) is 22.0. The number of aliphatic hydroxyl groups excluding tert-OH is 2. The molecule has 0 aliphatic rings. The summed E-state index contributed by atoms with van der Waals surface area (Å²) in [5.74, 6) is 1.46. The highest BCUT2D eigenvalue weighted by Gasteiger charge is 2.17. The molecule has 0 aliphatic heterocycles. The summed E-state index contributed by atoms with van der Waals surface area (Å²) in [6.45, 7) is 4.73. The minimum Gasteiger partial charge on any atom is -0.497 e. The topological polar surface area (TPSA) is 71.0 Å². The van der Waals surface area contributed by atoms with Gasteiger partial charge < -0.3 is 25.0 Å². The second-order valence-corrected chi connectivity index (χ2v) is 5.38. The quantitative estimate of drug-likeness (QED) is 0.635. The van der Waals surface area contributed by atoms with E-state index in [-0.39, 0.29) is 18.8 Å². The Morgan fingerprint density at radius 1 is 1.20 bits per heavy atom. The maximum Gasteiger partial charge on any atom is 0.119 e. The van der Waals surface area contributed by atoms with Gasteiger partial charge in [-0.1, -0.05) is 0 Å². The number of nitrogens with one attached hydrogen (secondary N) is 1. The lowest BCUT2D eigenvalue weighted by Crippen LogP contribution is -2.45. The van der Waals surface area contributed by atoms with Crippen LogP contribution in [-0.4, -0.2) is 48.7 Å². The van der Waals surface area contributed by atoms with Crippen LogP contribution in [0.4, 0.5) is 0 Å². The van der Waals surface area contributed by atoms with E-state index in [2.05, 4.69) is 5.32 Å². The summed E-state index contributed by atoms with van der Waals surface area (Å²) in [6.07, 6.45) is 0.0362. The Morgan fingerprint density at radius 2 is 1.80 bits per heavy atom. The Labute approximate surface area is 120 Å². The minimum absolute atomic E-state index is 0.123. The molecule has 0 saturated heterocycles. The lowest BCUT2D eigenvalue weighted by atomic mass is 10.0. The normalized spacial score (nSPS) is 13.1. The third-order valence-electron chi connectivity index (χ3n) is 3.05. The van der Waals surface area contributed by atoms with Crippen molar-refractivity contribution in [3.8, 4) is 11.5 Å². The Hall–Kier alpha value is -1.30. The summed E-state index contributed by atoms with van der Waals surface area (Å²) >= 11 is 0. The molecule has 1 atom stereocenters. The van der Waals surface area contributed by atoms with Crippen molar-refractivity contribution in [3.63, 3.8) is 0 Å². The van der Waals surface area contributed by atoms with E-state index in [1.54, 1.807) is 19.2 Å². The van der Waals surface area contributed by atoms with Crippen LogP contribution in [0.25, 0.3) is 0 Å². The van der Waals surface area contributed by atoms with Gasteiger partial charge in [0.05, 0.1) is 7.11 Å². The molecule has 0 heterocycles. The molecule has 3 N–H and O–H groups in total. The molecule has 0 fully saturated rings. The highest BCUT2D eigenvalue weighted by Crippen LogP contribution is 2.17. The first-order valence-corrected chi connectivity index (χ1v) is 6.77. The van der Waals surface area contributed by atoms with Gasteiger partial charge in [-0.25, -0.2) is 0 Å². The van der Waals surface area contributed by atoms with Gasteiger partial charge in [-0.15, -0.1) is 0 Å². The maximum atomic E-state index is 9.87. The van der Waals surface area contributed by atoms with Crippen LogP contribution >= 0.6 is 0 Å². The highest BCUT2D eigenvalue weighted by molar-refractivity contribution is 5.31. The van der Waals surface area contributed by atoms with E-state index in [1.807, 2.05) is 26.0 Å². The smallest absolute Gasteiger partial charge is 0.119 e. The third kappa shape index (κ3) is 6.23. The first kappa shape index (κ1) is 16.8. The molecule has 0 saturated carbocycles. The molecule has 0 aliphatic carbocycles. The van der Waals surface area contributed by atoms with Gasteiger partial charge in [0.15, 0.2) is 0 Å². The summed E-state index contributed by atoms with van der Waals surface area (Å²) in [5.41, 5.74) is -0.199. The van der Waals surface area contributed by atoms with Crippen LogP contribution in [0.1, 0.15) is 20.3 Å². The Bertz CT molecular complexity index is 378. The van der Waals surface area contributed by atoms with Crippen molar-refractivity contribution >= 4 is 0 Å². The molecule has 1 rings (SSSR count). The van der Waals surface area contributed by atoms with Gasteiger partial charge >= 0.3 is 0 Å². The van der Waals surface area contributed by atoms with Gasteiger partial charge in [0.1, 0.15) is 24.2 Å². The standard InChI is InChI=1S/C15H25NO4/c1-15(2,8-9-17)16-10-12(18)11-20-14-6-4-13(19-3)5-7-14/h4-7,12,16-18H,8-11H2,1-3H3. The highest BCUT2D eigenvalue weighted by atomic mass is 16.5. The van der Waals surface area contributed by atoms with Crippen LogP contribution in [0.5, 0.6) is 11.5 Å². The lowest BCUT2D eigenvalue weighted by molar-refractivity contribution is 0.0959. The van der Waals surface area contributed by atoms with Crippen LogP contribution in [0.15, 0.2) is 24.3 Å². The van der Waals surface area contributed by atoms with Crippen molar-refractivity contribution in [1.82, 2.24) is 5.32 Å². The number of rotatable bonds is 9. The van der Waals surface area contributed by atoms with E-state index in [0.717, 1.165) is 5.75 Å². The molecule has 0 spiro atoms.